The first-order chi connectivity index (χ1) is 12.8. The molecule has 1 fully saturated rings. The second-order valence-electron chi connectivity index (χ2n) is 7.24. The van der Waals surface area contributed by atoms with Crippen molar-refractivity contribution in [3.8, 4) is 0 Å². The van der Waals surface area contributed by atoms with Crippen LogP contribution in [0.1, 0.15) is 20.3 Å². The third kappa shape index (κ3) is 5.24. The highest BCUT2D eigenvalue weighted by molar-refractivity contribution is 8.14. The molecule has 148 valence electrons. The Hall–Kier alpha value is -1.58. The lowest BCUT2D eigenvalue weighted by Gasteiger charge is -2.34. The maximum atomic E-state index is 12.9. The lowest BCUT2D eigenvalue weighted by atomic mass is 9.94. The lowest BCUT2D eigenvalue weighted by Crippen LogP contribution is -2.42. The summed E-state index contributed by atoms with van der Waals surface area (Å²) in [6, 6.07) is 6.39. The average Bonchev–Trinajstić information content (AvgIpc) is 3.13. The molecule has 7 nitrogen and oxygen atoms in total. The summed E-state index contributed by atoms with van der Waals surface area (Å²) in [6.45, 7) is 6.84. The Morgan fingerprint density at radius 3 is 2.52 bits per heavy atom. The van der Waals surface area contributed by atoms with Gasteiger partial charge in [0, 0.05) is 25.3 Å². The third-order valence-corrected chi connectivity index (χ3v) is 7.39. The van der Waals surface area contributed by atoms with E-state index in [1.165, 1.54) is 11.8 Å². The Kier molecular flexibility index (Phi) is 6.44. The number of carbonyl (C=O) groups is 1. The fourth-order valence-corrected chi connectivity index (χ4v) is 5.87. The standard InChI is InChI=1S/C18H26N4O3S2/c1-13-9-14(2)11-22(10-13)27(24,25)16-5-3-15(4-6-16)21-17(23)12-26-18-19-7-8-20-18/h3-6,13-14H,7-12H2,1-2H3,(H,19,20)(H,21,23)/t13-,14-/m0/s1. The van der Waals surface area contributed by atoms with Crippen LogP contribution in [0.2, 0.25) is 0 Å². The van der Waals surface area contributed by atoms with Crippen LogP contribution in [-0.2, 0) is 14.8 Å². The highest BCUT2D eigenvalue weighted by Gasteiger charge is 2.31. The molecular weight excluding hydrogens is 384 g/mol. The molecule has 0 unspecified atom stereocenters. The summed E-state index contributed by atoms with van der Waals surface area (Å²) in [5, 5.41) is 6.67. The van der Waals surface area contributed by atoms with E-state index in [-0.39, 0.29) is 16.6 Å². The Balaban J connectivity index is 1.59. The minimum Gasteiger partial charge on any atom is -0.363 e. The van der Waals surface area contributed by atoms with Crippen molar-refractivity contribution >= 4 is 38.5 Å². The van der Waals surface area contributed by atoms with Gasteiger partial charge in [0.1, 0.15) is 0 Å². The minimum absolute atomic E-state index is 0.148. The van der Waals surface area contributed by atoms with Crippen molar-refractivity contribution in [3.63, 3.8) is 0 Å². The van der Waals surface area contributed by atoms with Gasteiger partial charge >= 0.3 is 0 Å². The summed E-state index contributed by atoms with van der Waals surface area (Å²) in [7, 11) is -3.50. The molecule has 0 saturated carbocycles. The summed E-state index contributed by atoms with van der Waals surface area (Å²) in [4.78, 5) is 16.5. The number of thioether (sulfide) groups is 1. The minimum atomic E-state index is -3.50. The van der Waals surface area contributed by atoms with E-state index in [1.807, 2.05) is 0 Å². The predicted octanol–water partition coefficient (Wildman–Crippen LogP) is 1.98. The van der Waals surface area contributed by atoms with Gasteiger partial charge < -0.3 is 10.6 Å². The molecule has 9 heteroatoms. The molecule has 27 heavy (non-hydrogen) atoms. The number of hydrogen-bond acceptors (Lipinski definition) is 6. The van der Waals surface area contributed by atoms with Crippen LogP contribution >= 0.6 is 11.8 Å². The van der Waals surface area contributed by atoms with Gasteiger partial charge in [-0.3, -0.25) is 9.79 Å². The Morgan fingerprint density at radius 2 is 1.93 bits per heavy atom. The number of nitrogens with one attached hydrogen (secondary N) is 2. The molecule has 0 spiro atoms. The monoisotopic (exact) mass is 410 g/mol. The summed E-state index contributed by atoms with van der Waals surface area (Å²) in [5.74, 6) is 0.831. The molecule has 2 aliphatic rings. The van der Waals surface area contributed by atoms with Gasteiger partial charge in [0.05, 0.1) is 17.2 Å². The number of sulfonamides is 1. The number of piperidine rings is 1. The Morgan fingerprint density at radius 1 is 1.26 bits per heavy atom. The molecule has 1 amide bonds. The fourth-order valence-electron chi connectivity index (χ4n) is 3.47. The third-order valence-electron chi connectivity index (χ3n) is 4.59. The first-order valence-corrected chi connectivity index (χ1v) is 11.6. The maximum Gasteiger partial charge on any atom is 0.243 e. The van der Waals surface area contributed by atoms with Crippen molar-refractivity contribution < 1.29 is 13.2 Å². The summed E-state index contributed by atoms with van der Waals surface area (Å²) in [5.41, 5.74) is 0.584. The number of carbonyl (C=O) groups excluding carboxylic acids is 1. The van der Waals surface area contributed by atoms with Crippen LogP contribution in [0.25, 0.3) is 0 Å². The van der Waals surface area contributed by atoms with E-state index in [1.54, 1.807) is 28.6 Å². The van der Waals surface area contributed by atoms with Crippen LogP contribution in [0, 0.1) is 11.8 Å². The molecule has 0 aliphatic carbocycles. The number of nitrogens with zero attached hydrogens (tertiary/aromatic N) is 2. The van der Waals surface area contributed by atoms with Crippen LogP contribution in [0.5, 0.6) is 0 Å². The number of hydrogen-bond donors (Lipinski definition) is 2. The summed E-state index contributed by atoms with van der Waals surface area (Å²) >= 11 is 1.36. The molecular formula is C18H26N4O3S2. The highest BCUT2D eigenvalue weighted by atomic mass is 32.2. The molecule has 2 heterocycles. The van der Waals surface area contributed by atoms with Gasteiger partial charge in [-0.1, -0.05) is 25.6 Å². The molecule has 1 aromatic rings. The van der Waals surface area contributed by atoms with Gasteiger partial charge in [-0.2, -0.15) is 4.31 Å². The quantitative estimate of drug-likeness (QED) is 0.775. The van der Waals surface area contributed by atoms with Gasteiger partial charge in [-0.25, -0.2) is 8.42 Å². The lowest BCUT2D eigenvalue weighted by molar-refractivity contribution is -0.113. The molecule has 1 aromatic carbocycles. The van der Waals surface area contributed by atoms with Gasteiger partial charge in [0.2, 0.25) is 15.9 Å². The van der Waals surface area contributed by atoms with E-state index < -0.39 is 10.0 Å². The zero-order valence-electron chi connectivity index (χ0n) is 15.6. The van der Waals surface area contributed by atoms with Crippen molar-refractivity contribution in [2.24, 2.45) is 16.8 Å². The SMILES string of the molecule is C[C@H]1C[C@H](C)CN(S(=O)(=O)c2ccc(NC(=O)CSC3=NCCN3)cc2)C1. The smallest absolute Gasteiger partial charge is 0.243 e. The Bertz CT molecular complexity index is 798. The molecule has 2 N–H and O–H groups in total. The normalized spacial score (nSPS) is 23.6. The highest BCUT2D eigenvalue weighted by Crippen LogP contribution is 2.27. The van der Waals surface area contributed by atoms with Gasteiger partial charge in [0.15, 0.2) is 5.17 Å². The fraction of sp³-hybridized carbons (Fsp3) is 0.556. The topological polar surface area (TPSA) is 90.9 Å². The zero-order chi connectivity index (χ0) is 19.4. The van der Waals surface area contributed by atoms with E-state index in [0.29, 0.717) is 30.6 Å². The van der Waals surface area contributed by atoms with E-state index in [2.05, 4.69) is 29.5 Å². The van der Waals surface area contributed by atoms with E-state index >= 15 is 0 Å². The maximum absolute atomic E-state index is 12.9. The van der Waals surface area contributed by atoms with Crippen LogP contribution in [0.15, 0.2) is 34.2 Å². The van der Waals surface area contributed by atoms with E-state index in [4.69, 9.17) is 0 Å². The summed E-state index contributed by atoms with van der Waals surface area (Å²) < 4.78 is 27.3. The van der Waals surface area contributed by atoms with Crippen LogP contribution in [-0.4, -0.2) is 55.7 Å². The van der Waals surface area contributed by atoms with Crippen molar-refractivity contribution in [2.45, 2.75) is 25.2 Å². The van der Waals surface area contributed by atoms with Gasteiger partial charge in [-0.05, 0) is 42.5 Å². The average molecular weight is 411 g/mol. The molecule has 1 saturated heterocycles. The number of amidine groups is 1. The molecule has 0 bridgehead atoms. The van der Waals surface area contributed by atoms with Crippen molar-refractivity contribution in [3.05, 3.63) is 24.3 Å². The number of aliphatic imine (C=N–C) groups is 1. The van der Waals surface area contributed by atoms with Crippen molar-refractivity contribution in [1.29, 1.82) is 0 Å². The van der Waals surface area contributed by atoms with Crippen LogP contribution in [0.3, 0.4) is 0 Å². The van der Waals surface area contributed by atoms with Gasteiger partial charge in [0.25, 0.3) is 0 Å². The van der Waals surface area contributed by atoms with E-state index in [0.717, 1.165) is 24.7 Å². The first kappa shape index (κ1) is 20.2. The predicted molar refractivity (Wildman–Crippen MR) is 110 cm³/mol. The molecule has 2 atom stereocenters. The number of benzene rings is 1. The largest absolute Gasteiger partial charge is 0.363 e. The molecule has 3 rings (SSSR count). The zero-order valence-corrected chi connectivity index (χ0v) is 17.3. The molecule has 0 radical (unpaired) electrons. The number of anilines is 1. The summed E-state index contributed by atoms with van der Waals surface area (Å²) in [6.07, 6.45) is 1.05. The number of rotatable bonds is 5. The van der Waals surface area contributed by atoms with Crippen LogP contribution in [0.4, 0.5) is 5.69 Å². The second kappa shape index (κ2) is 8.62. The second-order valence-corrected chi connectivity index (χ2v) is 10.1. The van der Waals surface area contributed by atoms with Crippen molar-refractivity contribution in [2.75, 3.05) is 37.2 Å². The molecule has 0 aromatic heterocycles. The number of amides is 1. The Labute approximate surface area is 165 Å². The van der Waals surface area contributed by atoms with Crippen LogP contribution < -0.4 is 10.6 Å². The van der Waals surface area contributed by atoms with Crippen molar-refractivity contribution in [1.82, 2.24) is 9.62 Å². The van der Waals surface area contributed by atoms with E-state index in [9.17, 15) is 13.2 Å². The van der Waals surface area contributed by atoms with Gasteiger partial charge in [-0.15, -0.1) is 0 Å². The molecule has 2 aliphatic heterocycles. The first-order valence-electron chi connectivity index (χ1n) is 9.16.